The molecule has 1 heterocycles. The Labute approximate surface area is 216 Å². The first kappa shape index (κ1) is 27.3. The van der Waals surface area contributed by atoms with Gasteiger partial charge in [-0.15, -0.1) is 0 Å². The number of nitrogens with zero attached hydrogens (tertiary/aromatic N) is 1. The fourth-order valence-corrected chi connectivity index (χ4v) is 3.75. The van der Waals surface area contributed by atoms with Crippen molar-refractivity contribution in [1.82, 2.24) is 15.5 Å². The molecule has 0 atom stereocenters. The number of ether oxygens (including phenoxy) is 2. The van der Waals surface area contributed by atoms with Crippen molar-refractivity contribution >= 4 is 23.7 Å². The highest BCUT2D eigenvalue weighted by Crippen LogP contribution is 2.34. The first-order valence-corrected chi connectivity index (χ1v) is 11.7. The van der Waals surface area contributed by atoms with E-state index in [-0.39, 0.29) is 35.4 Å². The normalized spacial score (nSPS) is 12.5. The number of hydrogen-bond acceptors (Lipinski definition) is 6. The topological polar surface area (TPSA) is 114 Å². The Morgan fingerprint density at radius 3 is 2.30 bits per heavy atom. The van der Waals surface area contributed by atoms with Gasteiger partial charge < -0.3 is 20.1 Å². The van der Waals surface area contributed by atoms with Crippen LogP contribution in [-0.4, -0.2) is 54.5 Å². The zero-order valence-electron chi connectivity index (χ0n) is 21.5. The predicted molar refractivity (Wildman–Crippen MR) is 138 cm³/mol. The van der Waals surface area contributed by atoms with Gasteiger partial charge in [-0.3, -0.25) is 19.3 Å². The summed E-state index contributed by atoms with van der Waals surface area (Å²) in [6.07, 6.45) is 0. The molecular formula is C28H31N3O6. The van der Waals surface area contributed by atoms with Crippen LogP contribution in [0.1, 0.15) is 47.1 Å². The molecule has 0 aliphatic carbocycles. The van der Waals surface area contributed by atoms with E-state index < -0.39 is 11.9 Å². The summed E-state index contributed by atoms with van der Waals surface area (Å²) >= 11 is 0. The van der Waals surface area contributed by atoms with E-state index in [0.717, 1.165) is 16.7 Å². The molecule has 37 heavy (non-hydrogen) atoms. The summed E-state index contributed by atoms with van der Waals surface area (Å²) in [7, 11) is 1.17. The van der Waals surface area contributed by atoms with Crippen molar-refractivity contribution < 1.29 is 28.7 Å². The number of carbonyl (C=O) groups excluding carboxylic acids is 4. The number of fused-ring (bicyclic) bond motifs is 1. The van der Waals surface area contributed by atoms with Gasteiger partial charge in [0.1, 0.15) is 11.4 Å². The first-order chi connectivity index (χ1) is 17.4. The summed E-state index contributed by atoms with van der Waals surface area (Å²) in [5.74, 6) is -2.12. The van der Waals surface area contributed by atoms with Crippen molar-refractivity contribution in [3.05, 3.63) is 83.7 Å². The molecule has 2 N–H and O–H groups in total. The summed E-state index contributed by atoms with van der Waals surface area (Å²) in [5.41, 5.74) is 2.63. The second kappa shape index (κ2) is 11.2. The van der Waals surface area contributed by atoms with Gasteiger partial charge >= 0.3 is 5.97 Å². The van der Waals surface area contributed by atoms with E-state index in [1.165, 1.54) is 12.0 Å². The monoisotopic (exact) mass is 505 g/mol. The molecule has 0 saturated carbocycles. The molecule has 0 fully saturated rings. The van der Waals surface area contributed by atoms with Gasteiger partial charge in [0.05, 0.1) is 25.9 Å². The number of carbonyl (C=O) groups is 4. The molecule has 0 bridgehead atoms. The van der Waals surface area contributed by atoms with Crippen LogP contribution in [-0.2, 0) is 25.6 Å². The van der Waals surface area contributed by atoms with Crippen LogP contribution < -0.4 is 10.6 Å². The number of benzene rings is 2. The van der Waals surface area contributed by atoms with E-state index in [1.807, 2.05) is 39.0 Å². The number of esters is 1. The summed E-state index contributed by atoms with van der Waals surface area (Å²) in [6, 6.07) is 12.4. The highest BCUT2D eigenvalue weighted by atomic mass is 16.5. The number of methoxy groups -OCH3 is 1. The largest absolute Gasteiger partial charge is 0.464 e. The van der Waals surface area contributed by atoms with Crippen LogP contribution in [0.3, 0.4) is 0 Å². The Morgan fingerprint density at radius 1 is 1.03 bits per heavy atom. The third kappa shape index (κ3) is 6.50. The van der Waals surface area contributed by atoms with Gasteiger partial charge in [0.15, 0.2) is 0 Å². The van der Waals surface area contributed by atoms with Crippen LogP contribution in [0.4, 0.5) is 0 Å². The van der Waals surface area contributed by atoms with Gasteiger partial charge in [-0.05, 0) is 55.7 Å². The quantitative estimate of drug-likeness (QED) is 0.307. The van der Waals surface area contributed by atoms with Crippen LogP contribution in [0.15, 0.2) is 67.0 Å². The molecule has 0 radical (unpaired) electrons. The number of rotatable bonds is 9. The van der Waals surface area contributed by atoms with Crippen LogP contribution in [0, 0.1) is 0 Å². The van der Waals surface area contributed by atoms with Crippen molar-refractivity contribution in [2.75, 3.05) is 20.3 Å². The van der Waals surface area contributed by atoms with E-state index in [9.17, 15) is 19.2 Å². The third-order valence-corrected chi connectivity index (χ3v) is 5.63. The Balaban J connectivity index is 1.71. The van der Waals surface area contributed by atoms with E-state index >= 15 is 0 Å². The molecule has 0 spiro atoms. The molecule has 2 aromatic rings. The molecule has 0 saturated heterocycles. The zero-order valence-corrected chi connectivity index (χ0v) is 21.5. The molecule has 2 aromatic carbocycles. The standard InChI is InChI=1S/C28H31N3O6/c1-17(27(35)36-6)30-24(32)18(2)31-16-23-21(8-7-9-22(23)26(31)34)19-10-12-20(13-11-19)25(33)29-14-15-37-28(3,4)5/h7-13H,1-2,14-16H2,3-6H3,(H,29,33)(H,30,32). The van der Waals surface area contributed by atoms with E-state index in [0.29, 0.717) is 24.3 Å². The molecule has 1 aliphatic rings. The molecule has 1 aliphatic heterocycles. The van der Waals surface area contributed by atoms with Gasteiger partial charge in [-0.1, -0.05) is 37.4 Å². The van der Waals surface area contributed by atoms with Crippen molar-refractivity contribution in [3.8, 4) is 11.1 Å². The van der Waals surface area contributed by atoms with E-state index in [1.54, 1.807) is 24.3 Å². The minimum Gasteiger partial charge on any atom is -0.464 e. The van der Waals surface area contributed by atoms with E-state index in [2.05, 4.69) is 28.5 Å². The van der Waals surface area contributed by atoms with Gasteiger partial charge in [0.2, 0.25) is 0 Å². The Hall–Kier alpha value is -4.24. The van der Waals surface area contributed by atoms with Crippen molar-refractivity contribution in [3.63, 3.8) is 0 Å². The lowest BCUT2D eigenvalue weighted by Gasteiger charge is -2.19. The second-order valence-corrected chi connectivity index (χ2v) is 9.39. The van der Waals surface area contributed by atoms with Gasteiger partial charge in [-0.2, -0.15) is 0 Å². The number of hydrogen-bond donors (Lipinski definition) is 2. The zero-order chi connectivity index (χ0) is 27.3. The van der Waals surface area contributed by atoms with Crippen molar-refractivity contribution in [2.24, 2.45) is 0 Å². The van der Waals surface area contributed by atoms with Crippen LogP contribution >= 0.6 is 0 Å². The van der Waals surface area contributed by atoms with Crippen LogP contribution in [0.5, 0.6) is 0 Å². The maximum Gasteiger partial charge on any atom is 0.353 e. The Kier molecular flexibility index (Phi) is 8.29. The average molecular weight is 506 g/mol. The van der Waals surface area contributed by atoms with Gasteiger partial charge in [0, 0.05) is 17.7 Å². The smallest absolute Gasteiger partial charge is 0.353 e. The Morgan fingerprint density at radius 2 is 1.68 bits per heavy atom. The molecule has 9 nitrogen and oxygen atoms in total. The first-order valence-electron chi connectivity index (χ1n) is 11.7. The molecule has 9 heteroatoms. The molecule has 0 unspecified atom stereocenters. The van der Waals surface area contributed by atoms with Crippen LogP contribution in [0.2, 0.25) is 0 Å². The minimum atomic E-state index is -0.796. The third-order valence-electron chi connectivity index (χ3n) is 5.63. The fourth-order valence-electron chi connectivity index (χ4n) is 3.75. The Bertz CT molecular complexity index is 1260. The number of nitrogens with one attached hydrogen (secondary N) is 2. The lowest BCUT2D eigenvalue weighted by molar-refractivity contribution is -0.137. The lowest BCUT2D eigenvalue weighted by Crippen LogP contribution is -2.36. The molecule has 0 aromatic heterocycles. The van der Waals surface area contributed by atoms with Gasteiger partial charge in [-0.25, -0.2) is 4.79 Å². The summed E-state index contributed by atoms with van der Waals surface area (Å²) in [5, 5.41) is 5.13. The fraction of sp³-hybridized carbons (Fsp3) is 0.286. The SMILES string of the molecule is C=C(NC(=O)C(=C)N1Cc2c(cccc2-c2ccc(C(=O)NCCOC(C)(C)C)cc2)C1=O)C(=O)OC. The van der Waals surface area contributed by atoms with Crippen LogP contribution in [0.25, 0.3) is 11.1 Å². The minimum absolute atomic E-state index is 0.122. The highest BCUT2D eigenvalue weighted by molar-refractivity contribution is 6.08. The maximum atomic E-state index is 13.0. The van der Waals surface area contributed by atoms with Crippen molar-refractivity contribution in [2.45, 2.75) is 32.9 Å². The highest BCUT2D eigenvalue weighted by Gasteiger charge is 2.33. The molecule has 3 amide bonds. The summed E-state index contributed by atoms with van der Waals surface area (Å²) < 4.78 is 10.1. The second-order valence-electron chi connectivity index (χ2n) is 9.39. The predicted octanol–water partition coefficient (Wildman–Crippen LogP) is 3.17. The average Bonchev–Trinajstić information content (AvgIpc) is 3.21. The molecular weight excluding hydrogens is 474 g/mol. The maximum absolute atomic E-state index is 13.0. The summed E-state index contributed by atoms with van der Waals surface area (Å²) in [6.45, 7) is 14.0. The van der Waals surface area contributed by atoms with Gasteiger partial charge in [0.25, 0.3) is 17.7 Å². The van der Waals surface area contributed by atoms with Crippen molar-refractivity contribution in [1.29, 1.82) is 0 Å². The lowest BCUT2D eigenvalue weighted by atomic mass is 9.96. The molecule has 3 rings (SSSR count). The number of amides is 3. The van der Waals surface area contributed by atoms with E-state index in [4.69, 9.17) is 4.74 Å². The molecule has 194 valence electrons. The summed E-state index contributed by atoms with van der Waals surface area (Å²) in [4.78, 5) is 50.8.